The predicted molar refractivity (Wildman–Crippen MR) is 85.9 cm³/mol. The molecule has 23 heavy (non-hydrogen) atoms. The van der Waals surface area contributed by atoms with E-state index >= 15 is 0 Å². The molecule has 2 amide bonds. The van der Waals surface area contributed by atoms with Gasteiger partial charge < -0.3 is 15.4 Å². The van der Waals surface area contributed by atoms with Crippen LogP contribution >= 0.6 is 0 Å². The number of hydrogen-bond donors (Lipinski definition) is 1. The SMILES string of the molecule is C[C@H]1COCCN1C(=O)C1=NN(c2ccccc2)[C@H](C(N)=O)C1. The zero-order chi connectivity index (χ0) is 16.4. The van der Waals surface area contributed by atoms with Crippen molar-refractivity contribution in [3.63, 3.8) is 0 Å². The summed E-state index contributed by atoms with van der Waals surface area (Å²) in [6.07, 6.45) is 0.229. The number of amides is 2. The highest BCUT2D eigenvalue weighted by Crippen LogP contribution is 2.25. The minimum atomic E-state index is -0.632. The summed E-state index contributed by atoms with van der Waals surface area (Å²) in [7, 11) is 0. The first-order valence-corrected chi connectivity index (χ1v) is 7.67. The Morgan fingerprint density at radius 2 is 2.04 bits per heavy atom. The maximum Gasteiger partial charge on any atom is 0.270 e. The summed E-state index contributed by atoms with van der Waals surface area (Å²) >= 11 is 0. The molecule has 0 unspecified atom stereocenters. The fraction of sp³-hybridized carbons (Fsp3) is 0.438. The van der Waals surface area contributed by atoms with E-state index in [4.69, 9.17) is 10.5 Å². The smallest absolute Gasteiger partial charge is 0.270 e. The van der Waals surface area contributed by atoms with Gasteiger partial charge >= 0.3 is 0 Å². The second-order valence-electron chi connectivity index (χ2n) is 5.77. The number of primary amides is 1. The summed E-state index contributed by atoms with van der Waals surface area (Å²) in [5.41, 5.74) is 6.61. The highest BCUT2D eigenvalue weighted by molar-refractivity contribution is 6.40. The lowest BCUT2D eigenvalue weighted by Gasteiger charge is -2.33. The molecule has 3 rings (SSSR count). The molecule has 1 aromatic carbocycles. The lowest BCUT2D eigenvalue weighted by molar-refractivity contribution is -0.131. The minimum absolute atomic E-state index is 0.00301. The highest BCUT2D eigenvalue weighted by Gasteiger charge is 2.37. The number of nitrogens with two attached hydrogens (primary N) is 1. The number of benzene rings is 1. The fourth-order valence-corrected chi connectivity index (χ4v) is 2.87. The second-order valence-corrected chi connectivity index (χ2v) is 5.77. The Morgan fingerprint density at radius 1 is 1.30 bits per heavy atom. The van der Waals surface area contributed by atoms with E-state index in [9.17, 15) is 9.59 Å². The van der Waals surface area contributed by atoms with E-state index in [0.29, 0.717) is 25.5 Å². The number of hydrazone groups is 1. The van der Waals surface area contributed by atoms with Crippen LogP contribution in [0.2, 0.25) is 0 Å². The molecule has 0 bridgehead atoms. The Kier molecular flexibility index (Phi) is 4.29. The summed E-state index contributed by atoms with van der Waals surface area (Å²) in [4.78, 5) is 26.2. The van der Waals surface area contributed by atoms with Gasteiger partial charge in [-0.15, -0.1) is 0 Å². The molecule has 2 aliphatic heterocycles. The number of carbonyl (C=O) groups excluding carboxylic acids is 2. The van der Waals surface area contributed by atoms with Crippen molar-refractivity contribution < 1.29 is 14.3 Å². The standard InChI is InChI=1S/C16H20N4O3/c1-11-10-23-8-7-19(11)16(22)13-9-14(15(17)21)20(18-13)12-5-3-2-4-6-12/h2-6,11,14H,7-10H2,1H3,(H2,17,21)/t11-,14-/m0/s1. The third-order valence-electron chi connectivity index (χ3n) is 4.13. The summed E-state index contributed by atoms with van der Waals surface area (Å²) in [5.74, 6) is -0.638. The first kappa shape index (κ1) is 15.5. The first-order chi connectivity index (χ1) is 11.1. The zero-order valence-corrected chi connectivity index (χ0v) is 13.0. The van der Waals surface area contributed by atoms with Crippen molar-refractivity contribution in [2.75, 3.05) is 24.8 Å². The van der Waals surface area contributed by atoms with E-state index in [1.165, 1.54) is 0 Å². The largest absolute Gasteiger partial charge is 0.377 e. The van der Waals surface area contributed by atoms with Gasteiger partial charge in [-0.05, 0) is 19.1 Å². The van der Waals surface area contributed by atoms with Gasteiger partial charge in [0.15, 0.2) is 0 Å². The Morgan fingerprint density at radius 3 is 2.70 bits per heavy atom. The molecule has 0 radical (unpaired) electrons. The number of anilines is 1. The molecule has 2 N–H and O–H groups in total. The highest BCUT2D eigenvalue weighted by atomic mass is 16.5. The molecule has 2 atom stereocenters. The molecular weight excluding hydrogens is 296 g/mol. The molecule has 1 saturated heterocycles. The van der Waals surface area contributed by atoms with Gasteiger partial charge in [-0.3, -0.25) is 14.6 Å². The first-order valence-electron chi connectivity index (χ1n) is 7.67. The summed E-state index contributed by atoms with van der Waals surface area (Å²) in [5, 5.41) is 5.93. The summed E-state index contributed by atoms with van der Waals surface area (Å²) < 4.78 is 5.36. The van der Waals surface area contributed by atoms with Crippen LogP contribution in [0.15, 0.2) is 35.4 Å². The fourth-order valence-electron chi connectivity index (χ4n) is 2.87. The number of nitrogens with zero attached hydrogens (tertiary/aromatic N) is 3. The molecule has 1 aromatic rings. The molecule has 0 spiro atoms. The van der Waals surface area contributed by atoms with Crippen molar-refractivity contribution in [3.05, 3.63) is 30.3 Å². The van der Waals surface area contributed by atoms with E-state index in [1.54, 1.807) is 9.91 Å². The van der Waals surface area contributed by atoms with Crippen molar-refractivity contribution in [1.82, 2.24) is 4.90 Å². The van der Waals surface area contributed by atoms with Gasteiger partial charge in [-0.1, -0.05) is 18.2 Å². The van der Waals surface area contributed by atoms with Gasteiger partial charge in [0, 0.05) is 13.0 Å². The number of hydrogen-bond acceptors (Lipinski definition) is 5. The molecule has 2 aliphatic rings. The summed E-state index contributed by atoms with van der Waals surface area (Å²) in [6.45, 7) is 3.50. The molecule has 7 nitrogen and oxygen atoms in total. The van der Waals surface area contributed by atoms with Crippen LogP contribution in [0.25, 0.3) is 0 Å². The summed E-state index contributed by atoms with van der Waals surface area (Å²) in [6, 6.07) is 8.63. The maximum absolute atomic E-state index is 12.7. The molecular formula is C16H20N4O3. The van der Waals surface area contributed by atoms with Crippen LogP contribution in [-0.2, 0) is 14.3 Å². The molecule has 122 valence electrons. The van der Waals surface area contributed by atoms with Gasteiger partial charge in [-0.2, -0.15) is 5.10 Å². The van der Waals surface area contributed by atoms with Crippen LogP contribution in [-0.4, -0.2) is 54.3 Å². The zero-order valence-electron chi connectivity index (χ0n) is 13.0. The lowest BCUT2D eigenvalue weighted by atomic mass is 10.1. The average Bonchev–Trinajstić information content (AvgIpc) is 3.01. The lowest BCUT2D eigenvalue weighted by Crippen LogP contribution is -2.49. The number of para-hydroxylation sites is 1. The second kappa shape index (κ2) is 6.37. The third kappa shape index (κ3) is 3.05. The van der Waals surface area contributed by atoms with E-state index in [1.807, 2.05) is 37.3 Å². The van der Waals surface area contributed by atoms with Crippen LogP contribution < -0.4 is 10.7 Å². The van der Waals surface area contributed by atoms with Crippen molar-refractivity contribution in [2.24, 2.45) is 10.8 Å². The maximum atomic E-state index is 12.7. The van der Waals surface area contributed by atoms with E-state index in [-0.39, 0.29) is 18.4 Å². The normalized spacial score (nSPS) is 24.5. The number of morpholine rings is 1. The van der Waals surface area contributed by atoms with Gasteiger partial charge in [0.05, 0.1) is 24.9 Å². The van der Waals surface area contributed by atoms with Crippen molar-refractivity contribution in [2.45, 2.75) is 25.4 Å². The molecule has 2 heterocycles. The molecule has 0 aliphatic carbocycles. The topological polar surface area (TPSA) is 88.2 Å². The van der Waals surface area contributed by atoms with Crippen LogP contribution in [0.5, 0.6) is 0 Å². The quantitative estimate of drug-likeness (QED) is 0.872. The van der Waals surface area contributed by atoms with Crippen LogP contribution in [0.4, 0.5) is 5.69 Å². The van der Waals surface area contributed by atoms with Crippen molar-refractivity contribution in [3.8, 4) is 0 Å². The molecule has 1 fully saturated rings. The van der Waals surface area contributed by atoms with Crippen LogP contribution in [0.3, 0.4) is 0 Å². The van der Waals surface area contributed by atoms with Gasteiger partial charge in [0.1, 0.15) is 11.8 Å². The number of carbonyl (C=O) groups is 2. The van der Waals surface area contributed by atoms with Crippen LogP contribution in [0, 0.1) is 0 Å². The predicted octanol–water partition coefficient (Wildman–Crippen LogP) is 0.354. The molecule has 0 saturated carbocycles. The minimum Gasteiger partial charge on any atom is -0.377 e. The van der Waals surface area contributed by atoms with E-state index in [0.717, 1.165) is 5.69 Å². The Bertz CT molecular complexity index is 631. The van der Waals surface area contributed by atoms with Crippen LogP contribution in [0.1, 0.15) is 13.3 Å². The van der Waals surface area contributed by atoms with E-state index < -0.39 is 11.9 Å². The van der Waals surface area contributed by atoms with Gasteiger partial charge in [-0.25, -0.2) is 0 Å². The van der Waals surface area contributed by atoms with Crippen molar-refractivity contribution in [1.29, 1.82) is 0 Å². The monoisotopic (exact) mass is 316 g/mol. The molecule has 7 heteroatoms. The Hall–Kier alpha value is -2.41. The third-order valence-corrected chi connectivity index (χ3v) is 4.13. The molecule has 0 aromatic heterocycles. The average molecular weight is 316 g/mol. The Labute approximate surface area is 134 Å². The van der Waals surface area contributed by atoms with E-state index in [2.05, 4.69) is 5.10 Å². The van der Waals surface area contributed by atoms with Crippen molar-refractivity contribution >= 4 is 23.2 Å². The number of rotatable bonds is 3. The number of ether oxygens (including phenoxy) is 1. The van der Waals surface area contributed by atoms with Gasteiger partial charge in [0.2, 0.25) is 5.91 Å². The Balaban J connectivity index is 1.85. The van der Waals surface area contributed by atoms with Gasteiger partial charge in [0.25, 0.3) is 5.91 Å².